The van der Waals surface area contributed by atoms with Crippen molar-refractivity contribution < 1.29 is 9.59 Å². The maximum absolute atomic E-state index is 13.2. The third-order valence-corrected chi connectivity index (χ3v) is 7.57. The molecule has 2 amide bonds. The van der Waals surface area contributed by atoms with Crippen LogP contribution in [0.4, 0.5) is 11.5 Å². The van der Waals surface area contributed by atoms with Crippen LogP contribution in [-0.4, -0.2) is 64.4 Å². The Morgan fingerprint density at radius 1 is 1.00 bits per heavy atom. The minimum Gasteiger partial charge on any atom is -0.352 e. The summed E-state index contributed by atoms with van der Waals surface area (Å²) in [5.74, 6) is 0.577. The summed E-state index contributed by atoms with van der Waals surface area (Å²) in [6, 6.07) is 13.7. The number of carbonyl (C=O) groups is 2. The lowest BCUT2D eigenvalue weighted by Crippen LogP contribution is -2.51. The number of carbonyl (C=O) groups excluding carboxylic acids is 2. The van der Waals surface area contributed by atoms with Crippen LogP contribution in [0, 0.1) is 12.8 Å². The molecular formula is C25H24N6O2S. The molecule has 0 spiro atoms. The molecule has 2 aromatic heterocycles. The molecule has 0 aliphatic carbocycles. The van der Waals surface area contributed by atoms with Crippen molar-refractivity contribution in [2.45, 2.75) is 13.3 Å². The Labute approximate surface area is 200 Å². The Bertz CT molecular complexity index is 1410. The molecule has 9 heteroatoms. The smallest absolute Gasteiger partial charge is 0.228 e. The van der Waals surface area contributed by atoms with Crippen LogP contribution in [0.1, 0.15) is 11.4 Å². The lowest BCUT2D eigenvalue weighted by Gasteiger charge is -2.36. The van der Waals surface area contributed by atoms with Crippen LogP contribution < -0.4 is 9.80 Å². The number of benzene rings is 2. The summed E-state index contributed by atoms with van der Waals surface area (Å²) in [6.45, 7) is 5.02. The van der Waals surface area contributed by atoms with E-state index in [2.05, 4.69) is 14.9 Å². The van der Waals surface area contributed by atoms with Gasteiger partial charge in [-0.15, -0.1) is 11.3 Å². The van der Waals surface area contributed by atoms with E-state index in [1.54, 1.807) is 22.4 Å². The zero-order valence-corrected chi connectivity index (χ0v) is 19.7. The largest absolute Gasteiger partial charge is 0.352 e. The van der Waals surface area contributed by atoms with Crippen molar-refractivity contribution in [3.8, 4) is 0 Å². The number of thiazole rings is 1. The molecule has 2 fully saturated rings. The SMILES string of the molecule is Cc1nc2cc(N3CC(C(=O)N4CCN(c5cnc6ccccc6n5)CC4)CC3=O)ccc2s1. The first-order valence-electron chi connectivity index (χ1n) is 11.5. The van der Waals surface area contributed by atoms with Crippen LogP contribution in [0.5, 0.6) is 0 Å². The summed E-state index contributed by atoms with van der Waals surface area (Å²) < 4.78 is 1.11. The van der Waals surface area contributed by atoms with Gasteiger partial charge in [0, 0.05) is 44.8 Å². The normalized spacial score (nSPS) is 18.9. The number of piperazine rings is 1. The molecule has 2 aliphatic rings. The van der Waals surface area contributed by atoms with Crippen molar-refractivity contribution in [1.29, 1.82) is 0 Å². The lowest BCUT2D eigenvalue weighted by atomic mass is 10.1. The average Bonchev–Trinajstić information content (AvgIpc) is 3.44. The van der Waals surface area contributed by atoms with Gasteiger partial charge in [0.1, 0.15) is 5.82 Å². The van der Waals surface area contributed by atoms with Crippen LogP contribution in [0.25, 0.3) is 21.3 Å². The summed E-state index contributed by atoms with van der Waals surface area (Å²) in [4.78, 5) is 45.6. The predicted octanol–water partition coefficient (Wildman–Crippen LogP) is 3.25. The second-order valence-corrected chi connectivity index (χ2v) is 10.1. The predicted molar refractivity (Wildman–Crippen MR) is 133 cm³/mol. The molecule has 2 aliphatic heterocycles. The van der Waals surface area contributed by atoms with Gasteiger partial charge in [-0.05, 0) is 37.3 Å². The van der Waals surface area contributed by atoms with E-state index >= 15 is 0 Å². The molecule has 1 atom stereocenters. The number of hydrogen-bond donors (Lipinski definition) is 0. The number of para-hydroxylation sites is 2. The van der Waals surface area contributed by atoms with E-state index in [1.165, 1.54) is 0 Å². The van der Waals surface area contributed by atoms with Crippen LogP contribution in [-0.2, 0) is 9.59 Å². The van der Waals surface area contributed by atoms with Gasteiger partial charge in [0.05, 0.1) is 38.4 Å². The van der Waals surface area contributed by atoms with E-state index in [-0.39, 0.29) is 24.2 Å². The number of nitrogens with zero attached hydrogens (tertiary/aromatic N) is 6. The van der Waals surface area contributed by atoms with E-state index in [1.807, 2.05) is 54.3 Å². The number of hydrogen-bond acceptors (Lipinski definition) is 7. The van der Waals surface area contributed by atoms with Crippen LogP contribution in [0.2, 0.25) is 0 Å². The van der Waals surface area contributed by atoms with Crippen molar-refractivity contribution in [2.24, 2.45) is 5.92 Å². The summed E-state index contributed by atoms with van der Waals surface area (Å²) in [5.41, 5.74) is 3.46. The molecule has 0 saturated carbocycles. The molecular weight excluding hydrogens is 448 g/mol. The first kappa shape index (κ1) is 21.0. The number of aryl methyl sites for hydroxylation is 1. The molecule has 4 heterocycles. The molecule has 0 bridgehead atoms. The highest BCUT2D eigenvalue weighted by Crippen LogP contribution is 2.31. The number of fused-ring (bicyclic) bond motifs is 2. The molecule has 6 rings (SSSR count). The van der Waals surface area contributed by atoms with E-state index in [0.717, 1.165) is 37.8 Å². The van der Waals surface area contributed by atoms with Crippen LogP contribution in [0.15, 0.2) is 48.7 Å². The quantitative estimate of drug-likeness (QED) is 0.455. The Hall–Kier alpha value is -3.59. The van der Waals surface area contributed by atoms with E-state index in [4.69, 9.17) is 4.98 Å². The summed E-state index contributed by atoms with van der Waals surface area (Å²) in [5, 5.41) is 1.00. The van der Waals surface area contributed by atoms with Gasteiger partial charge in [0.15, 0.2) is 0 Å². The van der Waals surface area contributed by atoms with Crippen molar-refractivity contribution in [3.05, 3.63) is 53.7 Å². The Kier molecular flexibility index (Phi) is 5.13. The van der Waals surface area contributed by atoms with E-state index in [9.17, 15) is 9.59 Å². The molecule has 172 valence electrons. The van der Waals surface area contributed by atoms with Crippen LogP contribution in [0.3, 0.4) is 0 Å². The van der Waals surface area contributed by atoms with Crippen molar-refractivity contribution in [2.75, 3.05) is 42.5 Å². The van der Waals surface area contributed by atoms with Crippen molar-refractivity contribution in [1.82, 2.24) is 19.9 Å². The molecule has 0 N–H and O–H groups in total. The van der Waals surface area contributed by atoms with E-state index < -0.39 is 0 Å². The van der Waals surface area contributed by atoms with Gasteiger partial charge in [0.2, 0.25) is 11.8 Å². The minimum absolute atomic E-state index is 0.00488. The standard InChI is InChI=1S/C25H24N6O2S/c1-16-27-21-13-18(6-7-22(21)34-16)31-15-17(12-24(31)32)25(33)30-10-8-29(9-11-30)23-14-26-19-4-2-3-5-20(19)28-23/h2-7,13-14,17H,8-12,15H2,1H3. The highest BCUT2D eigenvalue weighted by molar-refractivity contribution is 7.18. The highest BCUT2D eigenvalue weighted by Gasteiger charge is 2.38. The molecule has 0 radical (unpaired) electrons. The highest BCUT2D eigenvalue weighted by atomic mass is 32.1. The number of rotatable bonds is 3. The molecule has 8 nitrogen and oxygen atoms in total. The minimum atomic E-state index is -0.313. The first-order chi connectivity index (χ1) is 16.5. The monoisotopic (exact) mass is 472 g/mol. The third kappa shape index (κ3) is 3.75. The van der Waals surface area contributed by atoms with Crippen molar-refractivity contribution in [3.63, 3.8) is 0 Å². The van der Waals surface area contributed by atoms with Gasteiger partial charge in [-0.25, -0.2) is 9.97 Å². The zero-order chi connectivity index (χ0) is 23.2. The third-order valence-electron chi connectivity index (χ3n) is 6.62. The summed E-state index contributed by atoms with van der Waals surface area (Å²) >= 11 is 1.64. The Balaban J connectivity index is 1.11. The molecule has 4 aromatic rings. The number of anilines is 2. The zero-order valence-electron chi connectivity index (χ0n) is 18.8. The van der Waals surface area contributed by atoms with Gasteiger partial charge in [-0.1, -0.05) is 12.1 Å². The van der Waals surface area contributed by atoms with Gasteiger partial charge in [-0.3, -0.25) is 14.6 Å². The topological polar surface area (TPSA) is 82.5 Å². The van der Waals surface area contributed by atoms with E-state index in [0.29, 0.717) is 32.7 Å². The van der Waals surface area contributed by atoms with Crippen LogP contribution >= 0.6 is 11.3 Å². The number of aromatic nitrogens is 3. The fourth-order valence-electron chi connectivity index (χ4n) is 4.84. The van der Waals surface area contributed by atoms with Gasteiger partial charge in [0.25, 0.3) is 0 Å². The average molecular weight is 473 g/mol. The van der Waals surface area contributed by atoms with Gasteiger partial charge >= 0.3 is 0 Å². The maximum Gasteiger partial charge on any atom is 0.228 e. The second kappa shape index (κ2) is 8.32. The summed E-state index contributed by atoms with van der Waals surface area (Å²) in [6.07, 6.45) is 2.05. The molecule has 2 saturated heterocycles. The Morgan fingerprint density at radius 2 is 1.79 bits per heavy atom. The molecule has 1 unspecified atom stereocenters. The fraction of sp³-hybridized carbons (Fsp3) is 0.320. The van der Waals surface area contributed by atoms with Crippen molar-refractivity contribution >= 4 is 55.9 Å². The first-order valence-corrected chi connectivity index (χ1v) is 12.3. The molecule has 34 heavy (non-hydrogen) atoms. The fourth-order valence-corrected chi connectivity index (χ4v) is 5.64. The summed E-state index contributed by atoms with van der Waals surface area (Å²) in [7, 11) is 0. The lowest BCUT2D eigenvalue weighted by molar-refractivity contribution is -0.136. The maximum atomic E-state index is 13.2. The van der Waals surface area contributed by atoms with Gasteiger partial charge in [-0.2, -0.15) is 0 Å². The second-order valence-electron chi connectivity index (χ2n) is 8.82. The van der Waals surface area contributed by atoms with Gasteiger partial charge < -0.3 is 14.7 Å². The number of amides is 2. The molecule has 2 aromatic carbocycles. The Morgan fingerprint density at radius 3 is 2.62 bits per heavy atom.